The molecular weight excluding hydrogens is 174 g/mol. The number of rotatable bonds is 3. The fraction of sp³-hybridized carbons (Fsp3) is 0.917. The lowest BCUT2D eigenvalue weighted by atomic mass is 9.85. The molecule has 0 amide bonds. The van der Waals surface area contributed by atoms with Gasteiger partial charge in [0.25, 0.3) is 0 Å². The Morgan fingerprint density at radius 1 is 1.50 bits per heavy atom. The van der Waals surface area contributed by atoms with E-state index in [1.807, 2.05) is 0 Å². The van der Waals surface area contributed by atoms with Crippen molar-refractivity contribution >= 4 is 6.21 Å². The third-order valence-electron chi connectivity index (χ3n) is 2.75. The van der Waals surface area contributed by atoms with Gasteiger partial charge in [0.05, 0.1) is 0 Å². The summed E-state index contributed by atoms with van der Waals surface area (Å²) >= 11 is 0. The molecule has 1 atom stereocenters. The lowest BCUT2D eigenvalue weighted by molar-refractivity contribution is -0.571. The third-order valence-corrected chi connectivity index (χ3v) is 2.75. The molecule has 1 unspecified atom stereocenters. The van der Waals surface area contributed by atoms with Crippen molar-refractivity contribution in [2.75, 3.05) is 13.2 Å². The molecule has 14 heavy (non-hydrogen) atoms. The van der Waals surface area contributed by atoms with Crippen LogP contribution in [-0.4, -0.2) is 36.1 Å². The van der Waals surface area contributed by atoms with E-state index in [-0.39, 0.29) is 5.41 Å². The molecule has 0 spiro atoms. The van der Waals surface area contributed by atoms with Crippen LogP contribution in [-0.2, 0) is 4.74 Å². The first-order valence-corrected chi connectivity index (χ1v) is 5.68. The zero-order chi connectivity index (χ0) is 10.8. The van der Waals surface area contributed by atoms with Gasteiger partial charge in [0, 0.05) is 12.0 Å². The van der Waals surface area contributed by atoms with Gasteiger partial charge in [-0.25, -0.2) is 4.58 Å². The van der Waals surface area contributed by atoms with Crippen LogP contribution in [0.5, 0.6) is 0 Å². The molecule has 0 saturated heterocycles. The summed E-state index contributed by atoms with van der Waals surface area (Å²) in [6.07, 6.45) is 3.92. The van der Waals surface area contributed by atoms with Crippen LogP contribution in [0.2, 0.25) is 0 Å². The van der Waals surface area contributed by atoms with Gasteiger partial charge >= 0.3 is 0 Å². The second-order valence-corrected chi connectivity index (χ2v) is 5.19. The molecule has 82 valence electrons. The lowest BCUT2D eigenvalue weighted by Crippen LogP contribution is -2.43. The molecule has 0 radical (unpaired) electrons. The van der Waals surface area contributed by atoms with Gasteiger partial charge in [0.1, 0.15) is 18.4 Å². The quantitative estimate of drug-likeness (QED) is 0.634. The van der Waals surface area contributed by atoms with Gasteiger partial charge in [-0.05, 0) is 27.2 Å². The number of hydrogen-bond donors (Lipinski definition) is 0. The molecule has 0 aromatic carbocycles. The summed E-state index contributed by atoms with van der Waals surface area (Å²) < 4.78 is 8.14. The highest BCUT2D eigenvalue weighted by molar-refractivity contribution is 5.60. The molecular formula is C12H24NO+. The highest BCUT2D eigenvalue weighted by Gasteiger charge is 2.34. The molecule has 0 fully saturated rings. The topological polar surface area (TPSA) is 12.2 Å². The van der Waals surface area contributed by atoms with Crippen molar-refractivity contribution in [2.45, 2.75) is 53.2 Å². The maximum absolute atomic E-state index is 5.74. The molecule has 1 rings (SSSR count). The molecule has 1 heterocycles. The Kier molecular flexibility index (Phi) is 3.71. The van der Waals surface area contributed by atoms with Crippen molar-refractivity contribution in [3.63, 3.8) is 0 Å². The van der Waals surface area contributed by atoms with E-state index in [2.05, 4.69) is 45.4 Å². The molecule has 2 nitrogen and oxygen atoms in total. The summed E-state index contributed by atoms with van der Waals surface area (Å²) in [6, 6.07) is 0.581. The average Bonchev–Trinajstić information content (AvgIpc) is 2.01. The predicted molar refractivity (Wildman–Crippen MR) is 60.1 cm³/mol. The zero-order valence-corrected chi connectivity index (χ0v) is 10.2. The fourth-order valence-electron chi connectivity index (χ4n) is 2.15. The van der Waals surface area contributed by atoms with Crippen molar-refractivity contribution in [1.82, 2.24) is 0 Å². The van der Waals surface area contributed by atoms with Crippen molar-refractivity contribution in [3.05, 3.63) is 0 Å². The van der Waals surface area contributed by atoms with Crippen LogP contribution in [0, 0.1) is 5.41 Å². The normalized spacial score (nSPS) is 26.4. The smallest absolute Gasteiger partial charge is 0.168 e. The van der Waals surface area contributed by atoms with Gasteiger partial charge in [-0.2, -0.15) is 0 Å². The number of nitrogens with zero attached hydrogens (tertiary/aromatic N) is 1. The Morgan fingerprint density at radius 2 is 2.14 bits per heavy atom. The highest BCUT2D eigenvalue weighted by atomic mass is 16.5. The van der Waals surface area contributed by atoms with E-state index >= 15 is 0 Å². The molecule has 2 heteroatoms. The summed E-state index contributed by atoms with van der Waals surface area (Å²) in [4.78, 5) is 0. The third kappa shape index (κ3) is 3.09. The van der Waals surface area contributed by atoms with Gasteiger partial charge < -0.3 is 4.74 Å². The van der Waals surface area contributed by atoms with E-state index in [9.17, 15) is 0 Å². The van der Waals surface area contributed by atoms with Gasteiger partial charge in [-0.3, -0.25) is 0 Å². The highest BCUT2D eigenvalue weighted by Crippen LogP contribution is 2.25. The van der Waals surface area contributed by atoms with E-state index < -0.39 is 0 Å². The standard InChI is InChI=1S/C12H24NO/c1-6-14-11-7-12(4,5)9-13(8-11)10(2)3/h9-11H,6-8H2,1-5H3/q+1. The number of ether oxygens (including phenoxy) is 1. The lowest BCUT2D eigenvalue weighted by Gasteiger charge is -2.30. The minimum atomic E-state index is 0.280. The van der Waals surface area contributed by atoms with Gasteiger partial charge in [-0.15, -0.1) is 0 Å². The fourth-order valence-corrected chi connectivity index (χ4v) is 2.15. The van der Waals surface area contributed by atoms with Crippen molar-refractivity contribution in [3.8, 4) is 0 Å². The van der Waals surface area contributed by atoms with Crippen LogP contribution >= 0.6 is 0 Å². The van der Waals surface area contributed by atoms with Crippen molar-refractivity contribution in [1.29, 1.82) is 0 Å². The van der Waals surface area contributed by atoms with Gasteiger partial charge in [-0.1, -0.05) is 13.8 Å². The number of hydrogen-bond acceptors (Lipinski definition) is 1. The molecule has 1 aliphatic heterocycles. The zero-order valence-electron chi connectivity index (χ0n) is 10.2. The molecule has 0 saturated carbocycles. The summed E-state index contributed by atoms with van der Waals surface area (Å²) in [7, 11) is 0. The van der Waals surface area contributed by atoms with Crippen LogP contribution in [0.3, 0.4) is 0 Å². The van der Waals surface area contributed by atoms with E-state index in [4.69, 9.17) is 4.74 Å². The monoisotopic (exact) mass is 198 g/mol. The first-order chi connectivity index (χ1) is 6.44. The summed E-state index contributed by atoms with van der Waals surface area (Å²) in [5.74, 6) is 0. The Bertz CT molecular complexity index is 218. The van der Waals surface area contributed by atoms with E-state index in [1.54, 1.807) is 0 Å². The molecule has 0 aromatic heterocycles. The molecule has 1 aliphatic rings. The van der Waals surface area contributed by atoms with E-state index in [0.717, 1.165) is 19.6 Å². The van der Waals surface area contributed by atoms with Crippen molar-refractivity contribution < 1.29 is 9.31 Å². The summed E-state index contributed by atoms with van der Waals surface area (Å²) in [5, 5.41) is 0. The average molecular weight is 198 g/mol. The van der Waals surface area contributed by atoms with E-state index in [0.29, 0.717) is 12.1 Å². The van der Waals surface area contributed by atoms with Gasteiger partial charge in [0.15, 0.2) is 6.54 Å². The van der Waals surface area contributed by atoms with Crippen LogP contribution in [0.25, 0.3) is 0 Å². The van der Waals surface area contributed by atoms with Crippen LogP contribution in [0.1, 0.15) is 41.0 Å². The minimum absolute atomic E-state index is 0.280. The SMILES string of the molecule is CCOC1C[N+](C(C)C)=CC(C)(C)C1. The predicted octanol–water partition coefficient (Wildman–Crippen LogP) is 2.31. The minimum Gasteiger partial charge on any atom is -0.372 e. The van der Waals surface area contributed by atoms with Crippen molar-refractivity contribution in [2.24, 2.45) is 5.41 Å². The Morgan fingerprint density at radius 3 is 2.64 bits per heavy atom. The molecule has 0 aliphatic carbocycles. The first kappa shape index (κ1) is 11.7. The summed E-state index contributed by atoms with van der Waals surface area (Å²) in [6.45, 7) is 13.0. The van der Waals surface area contributed by atoms with Crippen LogP contribution in [0.4, 0.5) is 0 Å². The Balaban J connectivity index is 2.73. The largest absolute Gasteiger partial charge is 0.372 e. The van der Waals surface area contributed by atoms with Crippen LogP contribution < -0.4 is 0 Å². The second kappa shape index (κ2) is 4.43. The van der Waals surface area contributed by atoms with Gasteiger partial charge in [0.2, 0.25) is 0 Å². The summed E-state index contributed by atoms with van der Waals surface area (Å²) in [5.41, 5.74) is 0.280. The first-order valence-electron chi connectivity index (χ1n) is 5.68. The second-order valence-electron chi connectivity index (χ2n) is 5.19. The van der Waals surface area contributed by atoms with E-state index in [1.165, 1.54) is 0 Å². The molecule has 0 N–H and O–H groups in total. The van der Waals surface area contributed by atoms with Crippen LogP contribution in [0.15, 0.2) is 0 Å². The maximum atomic E-state index is 5.74. The molecule has 0 bridgehead atoms. The Hall–Kier alpha value is -0.370. The Labute approximate surface area is 88.0 Å². The molecule has 0 aromatic rings. The maximum Gasteiger partial charge on any atom is 0.168 e.